The van der Waals surface area contributed by atoms with Crippen LogP contribution in [0.1, 0.15) is 52.0 Å². The van der Waals surface area contributed by atoms with E-state index in [1.165, 1.54) is 31.5 Å². The highest BCUT2D eigenvalue weighted by atomic mass is 127. The van der Waals surface area contributed by atoms with E-state index in [-0.39, 0.29) is 24.0 Å². The Balaban J connectivity index is 0.00000312. The summed E-state index contributed by atoms with van der Waals surface area (Å²) < 4.78 is 0. The van der Waals surface area contributed by atoms with Crippen molar-refractivity contribution < 1.29 is 0 Å². The third-order valence-electron chi connectivity index (χ3n) is 4.57. The number of guanidine groups is 1. The fourth-order valence-corrected chi connectivity index (χ4v) is 3.37. The lowest BCUT2D eigenvalue weighted by atomic mass is 9.97. The number of hydrogen-bond donors (Lipinski definition) is 2. The number of rotatable bonds is 6. The first-order chi connectivity index (χ1) is 11.4. The van der Waals surface area contributed by atoms with E-state index < -0.39 is 0 Å². The van der Waals surface area contributed by atoms with Crippen molar-refractivity contribution in [2.24, 2.45) is 22.6 Å². The van der Waals surface area contributed by atoms with E-state index in [0.717, 1.165) is 24.7 Å². The zero-order chi connectivity index (χ0) is 17.5. The number of anilines is 1. The van der Waals surface area contributed by atoms with Crippen molar-refractivity contribution in [2.75, 3.05) is 31.5 Å². The van der Waals surface area contributed by atoms with E-state index in [4.69, 9.17) is 5.73 Å². The summed E-state index contributed by atoms with van der Waals surface area (Å²) in [5, 5.41) is 3.23. The molecule has 1 unspecified atom stereocenters. The van der Waals surface area contributed by atoms with Gasteiger partial charge in [-0.2, -0.15) is 0 Å². The van der Waals surface area contributed by atoms with Crippen LogP contribution in [0.4, 0.5) is 5.69 Å². The molecule has 2 rings (SSSR count). The lowest BCUT2D eigenvalue weighted by molar-refractivity contribution is 0.162. The molecule has 1 atom stereocenters. The lowest BCUT2D eigenvalue weighted by Crippen LogP contribution is -2.39. The molecule has 1 aromatic carbocycles. The van der Waals surface area contributed by atoms with Crippen LogP contribution in [0.15, 0.2) is 29.3 Å². The summed E-state index contributed by atoms with van der Waals surface area (Å²) in [5.74, 6) is 2.39. The summed E-state index contributed by atoms with van der Waals surface area (Å²) in [4.78, 5) is 7.16. The largest absolute Gasteiger partial charge is 0.370 e. The minimum absolute atomic E-state index is 0. The minimum Gasteiger partial charge on any atom is -0.370 e. The Morgan fingerprint density at radius 2 is 2.08 bits per heavy atom. The van der Waals surface area contributed by atoms with Gasteiger partial charge in [0.15, 0.2) is 5.96 Å². The Morgan fingerprint density at radius 1 is 1.32 bits per heavy atom. The maximum absolute atomic E-state index is 6.09. The van der Waals surface area contributed by atoms with Gasteiger partial charge >= 0.3 is 0 Å². The van der Waals surface area contributed by atoms with Crippen molar-refractivity contribution in [2.45, 2.75) is 46.5 Å². The second-order valence-corrected chi connectivity index (χ2v) is 7.79. The number of benzene rings is 1. The summed E-state index contributed by atoms with van der Waals surface area (Å²) in [6.45, 7) is 13.4. The highest BCUT2D eigenvalue weighted by Gasteiger charge is 2.20. The van der Waals surface area contributed by atoms with E-state index in [1.807, 2.05) is 6.07 Å². The number of nitrogens with two attached hydrogens (primary N) is 1. The van der Waals surface area contributed by atoms with Crippen LogP contribution in [0.5, 0.6) is 0 Å². The molecule has 25 heavy (non-hydrogen) atoms. The van der Waals surface area contributed by atoms with Crippen LogP contribution in [0.2, 0.25) is 0 Å². The molecule has 4 nitrogen and oxygen atoms in total. The van der Waals surface area contributed by atoms with Crippen LogP contribution in [-0.2, 0) is 0 Å². The maximum atomic E-state index is 6.09. The Morgan fingerprint density at radius 3 is 2.76 bits per heavy atom. The van der Waals surface area contributed by atoms with Crippen LogP contribution >= 0.6 is 24.0 Å². The van der Waals surface area contributed by atoms with Gasteiger partial charge in [-0.05, 0) is 54.8 Å². The third-order valence-corrected chi connectivity index (χ3v) is 4.57. The molecule has 1 aromatic rings. The SMILES string of the molecule is CC(C)CN1CCCC(CN=C(N)Nc2cccc(C(C)C)c2)C1.I. The molecule has 1 fully saturated rings. The second kappa shape index (κ2) is 11.0. The van der Waals surface area contributed by atoms with Crippen LogP contribution in [0.25, 0.3) is 0 Å². The van der Waals surface area contributed by atoms with E-state index in [2.05, 4.69) is 61.1 Å². The molecule has 142 valence electrons. The molecular weight excluding hydrogens is 423 g/mol. The van der Waals surface area contributed by atoms with E-state index in [9.17, 15) is 0 Å². The first kappa shape index (κ1) is 22.2. The summed E-state index contributed by atoms with van der Waals surface area (Å²) in [7, 11) is 0. The van der Waals surface area contributed by atoms with Gasteiger partial charge < -0.3 is 16.0 Å². The number of hydrogen-bond acceptors (Lipinski definition) is 2. The molecular formula is C20H35IN4. The number of aliphatic imine (C=N–C) groups is 1. The van der Waals surface area contributed by atoms with Gasteiger partial charge in [0.1, 0.15) is 0 Å². The minimum atomic E-state index is 0. The summed E-state index contributed by atoms with van der Waals surface area (Å²) in [6, 6.07) is 8.40. The van der Waals surface area contributed by atoms with Gasteiger partial charge in [-0.3, -0.25) is 4.99 Å². The first-order valence-electron chi connectivity index (χ1n) is 9.33. The summed E-state index contributed by atoms with van der Waals surface area (Å²) in [6.07, 6.45) is 2.53. The van der Waals surface area contributed by atoms with Crippen molar-refractivity contribution in [3.05, 3.63) is 29.8 Å². The molecule has 0 radical (unpaired) electrons. The number of halogens is 1. The molecule has 3 N–H and O–H groups in total. The number of likely N-dealkylation sites (tertiary alicyclic amines) is 1. The molecule has 1 saturated heterocycles. The quantitative estimate of drug-likeness (QED) is 0.375. The Bertz CT molecular complexity index is 542. The monoisotopic (exact) mass is 458 g/mol. The molecule has 0 spiro atoms. The number of nitrogens with one attached hydrogen (secondary N) is 1. The van der Waals surface area contributed by atoms with Gasteiger partial charge in [0, 0.05) is 25.3 Å². The van der Waals surface area contributed by atoms with Crippen molar-refractivity contribution in [3.63, 3.8) is 0 Å². The Kier molecular flexibility index (Phi) is 9.79. The predicted molar refractivity (Wildman–Crippen MR) is 120 cm³/mol. The molecule has 0 saturated carbocycles. The average Bonchev–Trinajstić information content (AvgIpc) is 2.53. The van der Waals surface area contributed by atoms with Gasteiger partial charge in [-0.15, -0.1) is 24.0 Å². The summed E-state index contributed by atoms with van der Waals surface area (Å²) in [5.41, 5.74) is 8.42. The molecule has 0 bridgehead atoms. The highest BCUT2D eigenvalue weighted by molar-refractivity contribution is 14.0. The zero-order valence-corrected chi connectivity index (χ0v) is 18.5. The van der Waals surface area contributed by atoms with Gasteiger partial charge in [0.05, 0.1) is 0 Å². The molecule has 1 heterocycles. The smallest absolute Gasteiger partial charge is 0.193 e. The van der Waals surface area contributed by atoms with Crippen LogP contribution < -0.4 is 11.1 Å². The van der Waals surface area contributed by atoms with Gasteiger partial charge in [-0.1, -0.05) is 39.8 Å². The Labute approximate surface area is 170 Å². The zero-order valence-electron chi connectivity index (χ0n) is 16.2. The predicted octanol–water partition coefficient (Wildman–Crippen LogP) is 4.52. The maximum Gasteiger partial charge on any atom is 0.193 e. The van der Waals surface area contributed by atoms with Gasteiger partial charge in [-0.25, -0.2) is 0 Å². The van der Waals surface area contributed by atoms with Crippen LogP contribution in [-0.4, -0.2) is 37.0 Å². The average molecular weight is 458 g/mol. The fraction of sp³-hybridized carbons (Fsp3) is 0.650. The molecule has 1 aliphatic heterocycles. The van der Waals surface area contributed by atoms with Crippen molar-refractivity contribution in [1.82, 2.24) is 4.90 Å². The standard InChI is InChI=1S/C20H34N4.HI/c1-15(2)13-24-10-6-7-17(14-24)12-22-20(21)23-19-9-5-8-18(11-19)16(3)4;/h5,8-9,11,15-17H,6-7,10,12-14H2,1-4H3,(H3,21,22,23);1H. The van der Waals surface area contributed by atoms with Crippen molar-refractivity contribution in [1.29, 1.82) is 0 Å². The fourth-order valence-electron chi connectivity index (χ4n) is 3.37. The molecule has 1 aliphatic rings. The Hall–Kier alpha value is -0.820. The number of nitrogens with zero attached hydrogens (tertiary/aromatic N) is 2. The van der Waals surface area contributed by atoms with Crippen LogP contribution in [0, 0.1) is 11.8 Å². The summed E-state index contributed by atoms with van der Waals surface area (Å²) >= 11 is 0. The molecule has 0 amide bonds. The van der Waals surface area contributed by atoms with Crippen molar-refractivity contribution in [3.8, 4) is 0 Å². The van der Waals surface area contributed by atoms with Gasteiger partial charge in [0.2, 0.25) is 0 Å². The van der Waals surface area contributed by atoms with E-state index in [0.29, 0.717) is 17.8 Å². The molecule has 0 aromatic heterocycles. The first-order valence-corrected chi connectivity index (χ1v) is 9.33. The third kappa shape index (κ3) is 7.94. The van der Waals surface area contributed by atoms with E-state index >= 15 is 0 Å². The molecule has 0 aliphatic carbocycles. The lowest BCUT2D eigenvalue weighted by Gasteiger charge is -2.33. The van der Waals surface area contributed by atoms with Crippen LogP contribution in [0.3, 0.4) is 0 Å². The molecule has 5 heteroatoms. The normalized spacial score (nSPS) is 19.1. The van der Waals surface area contributed by atoms with Gasteiger partial charge in [0.25, 0.3) is 0 Å². The second-order valence-electron chi connectivity index (χ2n) is 7.79. The van der Waals surface area contributed by atoms with E-state index in [1.54, 1.807) is 0 Å². The topological polar surface area (TPSA) is 53.6 Å². The highest BCUT2D eigenvalue weighted by Crippen LogP contribution is 2.19. The number of piperidine rings is 1. The van der Waals surface area contributed by atoms with Crippen molar-refractivity contribution >= 4 is 35.6 Å².